The molecule has 0 radical (unpaired) electrons. The number of aryl methyl sites for hydroxylation is 1. The third kappa shape index (κ3) is 6.56. The van der Waals surface area contributed by atoms with Crippen molar-refractivity contribution in [2.75, 3.05) is 12.4 Å². The summed E-state index contributed by atoms with van der Waals surface area (Å²) in [6.07, 6.45) is 2.40. The highest BCUT2D eigenvalue weighted by molar-refractivity contribution is 14.1. The molecule has 5 nitrogen and oxygen atoms in total. The number of nitriles is 1. The van der Waals surface area contributed by atoms with Crippen LogP contribution in [0.15, 0.2) is 66.2 Å². The van der Waals surface area contributed by atoms with Crippen molar-refractivity contribution in [3.8, 4) is 17.6 Å². The van der Waals surface area contributed by atoms with E-state index in [1.54, 1.807) is 24.3 Å². The number of hydrogen-bond acceptors (Lipinski definition) is 4. The van der Waals surface area contributed by atoms with Gasteiger partial charge in [-0.3, -0.25) is 4.79 Å². The van der Waals surface area contributed by atoms with Crippen molar-refractivity contribution in [3.05, 3.63) is 92.3 Å². The first-order valence-electron chi connectivity index (χ1n) is 10.2. The molecule has 0 aromatic heterocycles. The lowest BCUT2D eigenvalue weighted by atomic mass is 10.1. The largest absolute Gasteiger partial charge is 0.493 e. The smallest absolute Gasteiger partial charge is 0.266 e. The molecule has 1 amide bonds. The number of nitrogens with one attached hydrogen (secondary N) is 1. The molecule has 0 bridgehead atoms. The van der Waals surface area contributed by atoms with E-state index in [1.165, 1.54) is 25.3 Å². The molecule has 0 saturated heterocycles. The summed E-state index contributed by atoms with van der Waals surface area (Å²) in [4.78, 5) is 12.6. The van der Waals surface area contributed by atoms with Crippen LogP contribution in [0, 0.1) is 20.7 Å². The standard InChI is InChI=1S/C26H22FIN2O3/c1-3-17-7-9-22(10-8-17)30-26(31)20(15-29)11-19-13-23(28)25(24(14-19)32-2)33-16-18-5-4-6-21(27)12-18/h4-14H,3,16H2,1-2H3,(H,30,31)/b20-11+. The summed E-state index contributed by atoms with van der Waals surface area (Å²) in [7, 11) is 1.51. The number of anilines is 1. The lowest BCUT2D eigenvalue weighted by Gasteiger charge is -2.14. The van der Waals surface area contributed by atoms with Crippen molar-refractivity contribution in [2.24, 2.45) is 0 Å². The Hall–Kier alpha value is -3.38. The maximum absolute atomic E-state index is 13.4. The molecular weight excluding hydrogens is 534 g/mol. The van der Waals surface area contributed by atoms with Crippen molar-refractivity contribution in [2.45, 2.75) is 20.0 Å². The van der Waals surface area contributed by atoms with Gasteiger partial charge in [-0.15, -0.1) is 0 Å². The second kappa shape index (κ2) is 11.5. The van der Waals surface area contributed by atoms with Gasteiger partial charge >= 0.3 is 0 Å². The van der Waals surface area contributed by atoms with Crippen LogP contribution in [-0.2, 0) is 17.8 Å². The highest BCUT2D eigenvalue weighted by Crippen LogP contribution is 2.35. The van der Waals surface area contributed by atoms with Crippen LogP contribution in [0.3, 0.4) is 0 Å². The number of methoxy groups -OCH3 is 1. The van der Waals surface area contributed by atoms with E-state index < -0.39 is 5.91 Å². The van der Waals surface area contributed by atoms with Gasteiger partial charge < -0.3 is 14.8 Å². The van der Waals surface area contributed by atoms with Crippen LogP contribution in [0.1, 0.15) is 23.6 Å². The lowest BCUT2D eigenvalue weighted by molar-refractivity contribution is -0.112. The Bertz CT molecular complexity index is 1220. The predicted molar refractivity (Wildman–Crippen MR) is 134 cm³/mol. The summed E-state index contributed by atoms with van der Waals surface area (Å²) in [6, 6.07) is 19.1. The fourth-order valence-electron chi connectivity index (χ4n) is 3.08. The molecule has 0 aliphatic rings. The summed E-state index contributed by atoms with van der Waals surface area (Å²) in [5.74, 6) is 0.111. The van der Waals surface area contributed by atoms with Gasteiger partial charge in [-0.05, 0) is 88.2 Å². The van der Waals surface area contributed by atoms with Crippen LogP contribution < -0.4 is 14.8 Å². The van der Waals surface area contributed by atoms with Crippen LogP contribution >= 0.6 is 22.6 Å². The molecular formula is C26H22FIN2O3. The number of benzene rings is 3. The Balaban J connectivity index is 1.79. The molecule has 0 aliphatic carbocycles. The molecule has 33 heavy (non-hydrogen) atoms. The maximum Gasteiger partial charge on any atom is 0.266 e. The summed E-state index contributed by atoms with van der Waals surface area (Å²) in [5, 5.41) is 12.3. The zero-order valence-corrected chi connectivity index (χ0v) is 20.4. The van der Waals surface area contributed by atoms with E-state index in [0.717, 1.165) is 15.6 Å². The van der Waals surface area contributed by atoms with Gasteiger partial charge in [0.15, 0.2) is 11.5 Å². The summed E-state index contributed by atoms with van der Waals surface area (Å²) >= 11 is 2.09. The van der Waals surface area contributed by atoms with Crippen LogP contribution in [0.2, 0.25) is 0 Å². The second-order valence-corrected chi connectivity index (χ2v) is 8.29. The normalized spacial score (nSPS) is 10.9. The van der Waals surface area contributed by atoms with Crippen LogP contribution in [0.5, 0.6) is 11.5 Å². The Kier molecular flexibility index (Phi) is 8.44. The van der Waals surface area contributed by atoms with E-state index in [4.69, 9.17) is 9.47 Å². The van der Waals surface area contributed by atoms with Crippen molar-refractivity contribution in [3.63, 3.8) is 0 Å². The van der Waals surface area contributed by atoms with Gasteiger partial charge in [0.1, 0.15) is 24.1 Å². The Morgan fingerprint density at radius 3 is 2.55 bits per heavy atom. The molecule has 0 aliphatic heterocycles. The van der Waals surface area contributed by atoms with Gasteiger partial charge in [0, 0.05) is 5.69 Å². The number of nitrogens with zero attached hydrogens (tertiary/aromatic N) is 1. The van der Waals surface area contributed by atoms with Crippen LogP contribution in [0.4, 0.5) is 10.1 Å². The molecule has 0 atom stereocenters. The average Bonchev–Trinajstić information content (AvgIpc) is 2.82. The molecule has 3 aromatic rings. The average molecular weight is 556 g/mol. The van der Waals surface area contributed by atoms with Gasteiger partial charge in [0.05, 0.1) is 10.7 Å². The lowest BCUT2D eigenvalue weighted by Crippen LogP contribution is -2.13. The minimum Gasteiger partial charge on any atom is -0.493 e. The van der Waals surface area contributed by atoms with Crippen LogP contribution in [-0.4, -0.2) is 13.0 Å². The van der Waals surface area contributed by atoms with Crippen molar-refractivity contribution >= 4 is 40.3 Å². The Labute approximate surface area is 206 Å². The number of hydrogen-bond donors (Lipinski definition) is 1. The van der Waals surface area contributed by atoms with Crippen molar-refractivity contribution in [1.29, 1.82) is 5.26 Å². The highest BCUT2D eigenvalue weighted by atomic mass is 127. The van der Waals surface area contributed by atoms with E-state index in [1.807, 2.05) is 30.3 Å². The zero-order valence-electron chi connectivity index (χ0n) is 18.2. The van der Waals surface area contributed by atoms with Gasteiger partial charge in [-0.25, -0.2) is 4.39 Å². The zero-order chi connectivity index (χ0) is 23.8. The van der Waals surface area contributed by atoms with Crippen LogP contribution in [0.25, 0.3) is 6.08 Å². The molecule has 1 N–H and O–H groups in total. The Morgan fingerprint density at radius 2 is 1.91 bits per heavy atom. The van der Waals surface area contributed by atoms with Gasteiger partial charge in [0.2, 0.25) is 0 Å². The molecule has 7 heteroatoms. The quantitative estimate of drug-likeness (QED) is 0.206. The third-order valence-electron chi connectivity index (χ3n) is 4.82. The van der Waals surface area contributed by atoms with E-state index in [9.17, 15) is 14.4 Å². The summed E-state index contributed by atoms with van der Waals surface area (Å²) in [5.41, 5.74) is 3.03. The summed E-state index contributed by atoms with van der Waals surface area (Å²) in [6.45, 7) is 2.22. The molecule has 0 unspecified atom stereocenters. The second-order valence-electron chi connectivity index (χ2n) is 7.13. The maximum atomic E-state index is 13.4. The van der Waals surface area contributed by atoms with Gasteiger partial charge in [0.25, 0.3) is 5.91 Å². The highest BCUT2D eigenvalue weighted by Gasteiger charge is 2.14. The van der Waals surface area contributed by atoms with Crippen molar-refractivity contribution in [1.82, 2.24) is 0 Å². The number of carbonyl (C=O) groups excluding carboxylic acids is 1. The SMILES string of the molecule is CCc1ccc(NC(=O)/C(C#N)=C/c2cc(I)c(OCc3cccc(F)c3)c(OC)c2)cc1. The fourth-order valence-corrected chi connectivity index (χ4v) is 3.86. The number of rotatable bonds is 8. The monoisotopic (exact) mass is 556 g/mol. The summed E-state index contributed by atoms with van der Waals surface area (Å²) < 4.78 is 25.5. The minimum atomic E-state index is -0.498. The van der Waals surface area contributed by atoms with Gasteiger partial charge in [-0.1, -0.05) is 31.2 Å². The Morgan fingerprint density at radius 1 is 1.15 bits per heavy atom. The molecule has 168 valence electrons. The number of carbonyl (C=O) groups is 1. The first kappa shape index (κ1) is 24.3. The topological polar surface area (TPSA) is 71.4 Å². The molecule has 0 saturated carbocycles. The first-order chi connectivity index (χ1) is 15.9. The molecule has 0 spiro atoms. The third-order valence-corrected chi connectivity index (χ3v) is 5.62. The minimum absolute atomic E-state index is 0.0409. The molecule has 0 fully saturated rings. The van der Waals surface area contributed by atoms with E-state index in [0.29, 0.717) is 28.3 Å². The first-order valence-corrected chi connectivity index (χ1v) is 11.3. The molecule has 3 aromatic carbocycles. The van der Waals surface area contributed by atoms with Gasteiger partial charge in [-0.2, -0.15) is 5.26 Å². The van der Waals surface area contributed by atoms with E-state index in [2.05, 4.69) is 34.8 Å². The van der Waals surface area contributed by atoms with Crippen molar-refractivity contribution < 1.29 is 18.7 Å². The molecule has 3 rings (SSSR count). The predicted octanol–water partition coefficient (Wildman–Crippen LogP) is 6.13. The van der Waals surface area contributed by atoms with E-state index in [-0.39, 0.29) is 18.0 Å². The number of ether oxygens (including phenoxy) is 2. The van der Waals surface area contributed by atoms with E-state index >= 15 is 0 Å². The molecule has 0 heterocycles. The fraction of sp³-hybridized carbons (Fsp3) is 0.154. The number of amides is 1. The number of halogens is 2.